The van der Waals surface area contributed by atoms with Crippen molar-refractivity contribution in [1.29, 1.82) is 0 Å². The lowest BCUT2D eigenvalue weighted by Crippen LogP contribution is -2.26. The van der Waals surface area contributed by atoms with Crippen molar-refractivity contribution < 1.29 is 23.0 Å². The first-order valence-corrected chi connectivity index (χ1v) is 5.53. The molecule has 0 N–H and O–H groups in total. The van der Waals surface area contributed by atoms with Gasteiger partial charge in [0.15, 0.2) is 6.10 Å². The molecule has 0 saturated heterocycles. The molecule has 0 aromatic heterocycles. The summed E-state index contributed by atoms with van der Waals surface area (Å²) in [6.07, 6.45) is 4.19. The van der Waals surface area contributed by atoms with Crippen molar-refractivity contribution in [1.82, 2.24) is 0 Å². The van der Waals surface area contributed by atoms with E-state index in [1.165, 1.54) is 32.2 Å². The zero-order valence-corrected chi connectivity index (χ0v) is 10.9. The smallest absolute Gasteiger partial charge is 0.346 e. The average Bonchev–Trinajstić information content (AvgIpc) is 2.36. The number of hydrogen-bond donors (Lipinski definition) is 0. The Morgan fingerprint density at radius 2 is 2.11 bits per heavy atom. The van der Waals surface area contributed by atoms with Crippen molar-refractivity contribution >= 4 is 5.97 Å². The fourth-order valence-corrected chi connectivity index (χ4v) is 1.47. The van der Waals surface area contributed by atoms with Gasteiger partial charge in [0.2, 0.25) is 0 Å². The van der Waals surface area contributed by atoms with Gasteiger partial charge in [-0.3, -0.25) is 0 Å². The number of benzene rings is 1. The summed E-state index contributed by atoms with van der Waals surface area (Å²) < 4.78 is 36.7. The van der Waals surface area contributed by atoms with Gasteiger partial charge in [-0.2, -0.15) is 0 Å². The van der Waals surface area contributed by atoms with Gasteiger partial charge in [0.1, 0.15) is 5.75 Å². The molecule has 0 saturated carbocycles. The number of ether oxygens (including phenoxy) is 2. The van der Waals surface area contributed by atoms with E-state index in [-0.39, 0.29) is 11.3 Å². The quantitative estimate of drug-likeness (QED) is 0.622. The first kappa shape index (κ1) is 15.0. The molecule has 0 aliphatic carbocycles. The van der Waals surface area contributed by atoms with Crippen LogP contribution in [0.3, 0.4) is 0 Å². The van der Waals surface area contributed by atoms with Crippen LogP contribution in [0, 0.1) is 12.3 Å². The molecule has 0 heterocycles. The Morgan fingerprint density at radius 1 is 1.47 bits per heavy atom. The normalized spacial score (nSPS) is 12.4. The number of carbonyl (C=O) groups excluding carboxylic acids is 1. The van der Waals surface area contributed by atoms with Crippen LogP contribution in [0.15, 0.2) is 18.2 Å². The molecule has 1 aromatic rings. The van der Waals surface area contributed by atoms with E-state index < -0.39 is 18.0 Å². The summed E-state index contributed by atoms with van der Waals surface area (Å²) in [5.41, 5.74) is -0.0479. The summed E-state index contributed by atoms with van der Waals surface area (Å²) in [7, 11) is 1.19. The Bertz CT molecular complexity index is 512. The number of hydrogen-bond acceptors (Lipinski definition) is 3. The number of halogens is 2. The Morgan fingerprint density at radius 3 is 2.58 bits per heavy atom. The second-order valence-corrected chi connectivity index (χ2v) is 4.03. The highest BCUT2D eigenvalue weighted by Gasteiger charge is 2.30. The van der Waals surface area contributed by atoms with Crippen molar-refractivity contribution in [3.63, 3.8) is 0 Å². The summed E-state index contributed by atoms with van der Waals surface area (Å²) in [4.78, 5) is 11.2. The van der Waals surface area contributed by atoms with Gasteiger partial charge in [-0.1, -0.05) is 5.92 Å². The molecular weight excluding hydrogens is 254 g/mol. The van der Waals surface area contributed by atoms with Gasteiger partial charge < -0.3 is 9.47 Å². The van der Waals surface area contributed by atoms with E-state index >= 15 is 0 Å². The number of terminal acetylenes is 1. The van der Waals surface area contributed by atoms with E-state index in [9.17, 15) is 13.6 Å². The summed E-state index contributed by atoms with van der Waals surface area (Å²) in [5.74, 6) is -1.59. The molecule has 0 radical (unpaired) electrons. The van der Waals surface area contributed by atoms with Gasteiger partial charge >= 0.3 is 5.97 Å². The van der Waals surface area contributed by atoms with Crippen molar-refractivity contribution in [2.75, 3.05) is 7.11 Å². The molecule has 0 aliphatic rings. The van der Waals surface area contributed by atoms with Gasteiger partial charge in [-0.15, -0.1) is 6.42 Å². The predicted molar refractivity (Wildman–Crippen MR) is 66.1 cm³/mol. The number of carbonyl (C=O) groups is 1. The topological polar surface area (TPSA) is 35.5 Å². The van der Waals surface area contributed by atoms with E-state index in [1.54, 1.807) is 0 Å². The number of alkyl halides is 2. The zero-order valence-electron chi connectivity index (χ0n) is 10.9. The fourth-order valence-electron chi connectivity index (χ4n) is 1.47. The van der Waals surface area contributed by atoms with Crippen molar-refractivity contribution in [3.8, 4) is 18.1 Å². The van der Waals surface area contributed by atoms with Gasteiger partial charge in [-0.25, -0.2) is 13.6 Å². The molecule has 0 amide bonds. The summed E-state index contributed by atoms with van der Waals surface area (Å²) in [5, 5.41) is 0. The van der Waals surface area contributed by atoms with Gasteiger partial charge in [-0.05, 0) is 25.1 Å². The molecule has 5 heteroatoms. The lowest BCUT2D eigenvalue weighted by molar-refractivity contribution is -0.148. The van der Waals surface area contributed by atoms with Crippen molar-refractivity contribution in [2.24, 2.45) is 0 Å². The average molecular weight is 268 g/mol. The molecule has 102 valence electrons. The lowest BCUT2D eigenvalue weighted by Gasteiger charge is -2.19. The highest BCUT2D eigenvalue weighted by Crippen LogP contribution is 2.35. The Kier molecular flexibility index (Phi) is 4.49. The molecule has 0 bridgehead atoms. The van der Waals surface area contributed by atoms with Crippen LogP contribution < -0.4 is 4.74 Å². The molecule has 0 spiro atoms. The van der Waals surface area contributed by atoms with E-state index in [4.69, 9.17) is 11.2 Å². The molecule has 1 aromatic carbocycles. The minimum atomic E-state index is -3.13. The largest absolute Gasteiger partial charge is 0.479 e. The standard InChI is InChI=1S/C14H14F2O3/c1-5-10-6-7-12(11(8-10)14(3,15)16)19-9(2)13(17)18-4/h1,6-9H,2-4H3/t9-/m0/s1. The third kappa shape index (κ3) is 3.68. The number of rotatable bonds is 4. The van der Waals surface area contributed by atoms with Crippen LogP contribution in [0.25, 0.3) is 0 Å². The zero-order chi connectivity index (χ0) is 14.6. The predicted octanol–water partition coefficient (Wildman–Crippen LogP) is 2.72. The maximum absolute atomic E-state index is 13.5. The third-order valence-corrected chi connectivity index (χ3v) is 2.46. The maximum atomic E-state index is 13.5. The van der Waals surface area contributed by atoms with Crippen LogP contribution in [0.1, 0.15) is 25.0 Å². The highest BCUT2D eigenvalue weighted by molar-refractivity contribution is 5.74. The Labute approximate surface area is 110 Å². The Balaban J connectivity index is 3.14. The minimum absolute atomic E-state index is 0.0931. The molecule has 3 nitrogen and oxygen atoms in total. The molecule has 0 aliphatic heterocycles. The molecular formula is C14H14F2O3. The van der Waals surface area contributed by atoms with Gasteiger partial charge in [0.25, 0.3) is 5.92 Å². The first-order valence-electron chi connectivity index (χ1n) is 5.53. The highest BCUT2D eigenvalue weighted by atomic mass is 19.3. The maximum Gasteiger partial charge on any atom is 0.346 e. The number of esters is 1. The van der Waals surface area contributed by atoms with Crippen molar-refractivity contribution in [2.45, 2.75) is 25.9 Å². The van der Waals surface area contributed by atoms with Gasteiger partial charge in [0.05, 0.1) is 12.7 Å². The second kappa shape index (κ2) is 5.70. The molecule has 1 rings (SSSR count). The fraction of sp³-hybridized carbons (Fsp3) is 0.357. The SMILES string of the molecule is C#Cc1ccc(O[C@@H](C)C(=O)OC)c(C(C)(F)F)c1. The van der Waals surface area contributed by atoms with Crippen LogP contribution in [0.2, 0.25) is 0 Å². The summed E-state index contributed by atoms with van der Waals surface area (Å²) in [6, 6.07) is 3.95. The molecule has 19 heavy (non-hydrogen) atoms. The lowest BCUT2D eigenvalue weighted by atomic mass is 10.1. The molecule has 0 fully saturated rings. The molecule has 1 atom stereocenters. The van der Waals surface area contributed by atoms with Crippen LogP contribution in [-0.2, 0) is 15.5 Å². The van der Waals surface area contributed by atoms with E-state index in [2.05, 4.69) is 10.7 Å². The summed E-state index contributed by atoms with van der Waals surface area (Å²) in [6.45, 7) is 2.15. The van der Waals surface area contributed by atoms with Crippen molar-refractivity contribution in [3.05, 3.63) is 29.3 Å². The van der Waals surface area contributed by atoms with E-state index in [0.29, 0.717) is 5.56 Å². The van der Waals surface area contributed by atoms with E-state index in [0.717, 1.165) is 6.92 Å². The molecule has 0 unspecified atom stereocenters. The first-order chi connectivity index (χ1) is 8.79. The van der Waals surface area contributed by atoms with Crippen LogP contribution in [0.4, 0.5) is 8.78 Å². The summed E-state index contributed by atoms with van der Waals surface area (Å²) >= 11 is 0. The monoisotopic (exact) mass is 268 g/mol. The van der Waals surface area contributed by atoms with Crippen LogP contribution in [0.5, 0.6) is 5.75 Å². The van der Waals surface area contributed by atoms with Gasteiger partial charge in [0, 0.05) is 12.5 Å². The van der Waals surface area contributed by atoms with Crippen LogP contribution >= 0.6 is 0 Å². The van der Waals surface area contributed by atoms with Crippen LogP contribution in [-0.4, -0.2) is 19.2 Å². The van der Waals surface area contributed by atoms with E-state index in [1.807, 2.05) is 0 Å². The second-order valence-electron chi connectivity index (χ2n) is 4.03. The number of methoxy groups -OCH3 is 1. The Hall–Kier alpha value is -2.09. The minimum Gasteiger partial charge on any atom is -0.479 e. The third-order valence-electron chi connectivity index (χ3n) is 2.46.